The molecule has 0 aliphatic carbocycles. The number of rotatable bonds is 11. The van der Waals surface area contributed by atoms with Crippen molar-refractivity contribution in [1.29, 1.82) is 0 Å². The van der Waals surface area contributed by atoms with Gasteiger partial charge in [0.25, 0.3) is 5.91 Å². The summed E-state index contributed by atoms with van der Waals surface area (Å²) in [6.07, 6.45) is 1.81. The summed E-state index contributed by atoms with van der Waals surface area (Å²) < 4.78 is 22.7. The summed E-state index contributed by atoms with van der Waals surface area (Å²) in [6, 6.07) is 10.7. The van der Waals surface area contributed by atoms with Gasteiger partial charge in [0, 0.05) is 12.3 Å². The van der Waals surface area contributed by atoms with Crippen LogP contribution in [0.1, 0.15) is 64.2 Å². The van der Waals surface area contributed by atoms with Crippen molar-refractivity contribution >= 4 is 44.9 Å². The molecule has 0 radical (unpaired) electrons. The van der Waals surface area contributed by atoms with Crippen molar-refractivity contribution in [3.63, 3.8) is 0 Å². The number of unbranched alkanes of at least 4 members (excludes halogenated alkanes) is 1. The third-order valence-electron chi connectivity index (χ3n) is 6.97. The molecule has 0 fully saturated rings. The molecule has 1 amide bonds. The zero-order valence-electron chi connectivity index (χ0n) is 23.8. The quantitative estimate of drug-likeness (QED) is 0.156. The number of Topliss-reactive ketones (excluding diaryl/α,β-unsaturated/α-hetero) is 2. The van der Waals surface area contributed by atoms with Crippen LogP contribution in [0.4, 0.5) is 5.13 Å². The first-order chi connectivity index (χ1) is 20.2. The highest BCUT2D eigenvalue weighted by atomic mass is 32.1. The molecule has 218 valence electrons. The van der Waals surface area contributed by atoms with Crippen molar-refractivity contribution in [3.05, 3.63) is 75.7 Å². The molecule has 10 nitrogen and oxygen atoms in total. The molecule has 0 saturated carbocycles. The van der Waals surface area contributed by atoms with Gasteiger partial charge >= 0.3 is 0 Å². The minimum atomic E-state index is -1.11. The number of ketones is 2. The second-order valence-corrected chi connectivity index (χ2v) is 10.7. The van der Waals surface area contributed by atoms with Crippen LogP contribution >= 0.6 is 11.3 Å². The second kappa shape index (κ2) is 11.7. The van der Waals surface area contributed by atoms with E-state index in [0.717, 1.165) is 24.2 Å². The lowest BCUT2D eigenvalue weighted by Crippen LogP contribution is -2.31. The number of aryl methyl sites for hydroxylation is 1. The maximum absolute atomic E-state index is 14.1. The Morgan fingerprint density at radius 2 is 1.86 bits per heavy atom. The fourth-order valence-electron chi connectivity index (χ4n) is 4.90. The Morgan fingerprint density at radius 3 is 2.52 bits per heavy atom. The molecule has 0 saturated heterocycles. The normalized spacial score (nSPS) is 15.0. The molecule has 1 aliphatic heterocycles. The van der Waals surface area contributed by atoms with Gasteiger partial charge in [-0.15, -0.1) is 0 Å². The van der Waals surface area contributed by atoms with Crippen LogP contribution in [0.5, 0.6) is 17.2 Å². The maximum atomic E-state index is 14.1. The van der Waals surface area contributed by atoms with Gasteiger partial charge in [-0.25, -0.2) is 4.98 Å². The van der Waals surface area contributed by atoms with E-state index in [-0.39, 0.29) is 22.2 Å². The number of nitrogens with zero attached hydrogens (tertiary/aromatic N) is 2. The van der Waals surface area contributed by atoms with E-state index >= 15 is 0 Å². The number of ether oxygens (including phenoxy) is 3. The minimum absolute atomic E-state index is 0.0815. The highest BCUT2D eigenvalue weighted by Crippen LogP contribution is 2.46. The average molecular weight is 591 g/mol. The molecule has 3 heterocycles. The van der Waals surface area contributed by atoms with Crippen LogP contribution in [0, 0.1) is 6.92 Å². The molecule has 4 aromatic rings. The summed E-state index contributed by atoms with van der Waals surface area (Å²) in [5.74, 6) is -1.22. The highest BCUT2D eigenvalue weighted by molar-refractivity contribution is 7.17. The van der Waals surface area contributed by atoms with E-state index in [0.29, 0.717) is 51.0 Å². The largest absolute Gasteiger partial charge is 0.503 e. The number of thiazole rings is 1. The van der Waals surface area contributed by atoms with Crippen molar-refractivity contribution < 1.29 is 38.1 Å². The van der Waals surface area contributed by atoms with Gasteiger partial charge in [0.1, 0.15) is 0 Å². The van der Waals surface area contributed by atoms with Crippen molar-refractivity contribution in [2.45, 2.75) is 39.7 Å². The Balaban J connectivity index is 1.65. The monoisotopic (exact) mass is 590 g/mol. The molecule has 42 heavy (non-hydrogen) atoms. The van der Waals surface area contributed by atoms with Crippen LogP contribution in [0.25, 0.3) is 11.0 Å². The first kappa shape index (κ1) is 28.9. The zero-order valence-corrected chi connectivity index (χ0v) is 24.7. The van der Waals surface area contributed by atoms with E-state index < -0.39 is 23.5 Å². The van der Waals surface area contributed by atoms with Crippen LogP contribution in [0.3, 0.4) is 0 Å². The van der Waals surface area contributed by atoms with Crippen LogP contribution in [0.15, 0.2) is 58.2 Å². The number of carbonyl (C=O) groups excluding carboxylic acids is 3. The molecule has 0 bridgehead atoms. The SMILES string of the molecule is CCCCOc1ccc(C2C(C(=O)c3cc4cccc(OC)c4o3)=C(O)C(=O)N2c2nc(C)c(C(C)=O)s2)cc1OC. The topological polar surface area (TPSA) is 128 Å². The molecule has 1 aliphatic rings. The molecular formula is C31H30N2O8S. The van der Waals surface area contributed by atoms with E-state index in [1.54, 1.807) is 43.3 Å². The van der Waals surface area contributed by atoms with Crippen LogP contribution in [0.2, 0.25) is 0 Å². The van der Waals surface area contributed by atoms with E-state index in [2.05, 4.69) is 11.9 Å². The summed E-state index contributed by atoms with van der Waals surface area (Å²) in [6.45, 7) is 5.63. The summed E-state index contributed by atoms with van der Waals surface area (Å²) in [7, 11) is 2.98. The smallest absolute Gasteiger partial charge is 0.296 e. The Bertz CT molecular complexity index is 1730. The number of anilines is 1. The van der Waals surface area contributed by atoms with Crippen LogP contribution in [-0.2, 0) is 4.79 Å². The predicted molar refractivity (Wildman–Crippen MR) is 157 cm³/mol. The highest BCUT2D eigenvalue weighted by Gasteiger charge is 2.47. The maximum Gasteiger partial charge on any atom is 0.296 e. The number of aliphatic hydroxyl groups is 1. The Morgan fingerprint density at radius 1 is 1.10 bits per heavy atom. The number of benzene rings is 2. The van der Waals surface area contributed by atoms with Gasteiger partial charge in [-0.2, -0.15) is 0 Å². The zero-order chi connectivity index (χ0) is 30.1. The Labute approximate surface area is 246 Å². The standard InChI is InChI=1S/C31H30N2O8S/c1-6-7-13-40-20-12-11-18(14-22(20)39-5)25-24(26(35)23-15-19-9-8-10-21(38-4)28(19)41-23)27(36)30(37)33(25)31-32-16(2)29(42-31)17(3)34/h8-12,14-15,25,36H,6-7,13H2,1-5H3. The number of aromatic nitrogens is 1. The van der Waals surface area contributed by atoms with Crippen molar-refractivity contribution in [2.75, 3.05) is 25.7 Å². The second-order valence-electron chi connectivity index (χ2n) is 9.74. The van der Waals surface area contributed by atoms with E-state index in [1.165, 1.54) is 32.1 Å². The number of para-hydroxylation sites is 1. The van der Waals surface area contributed by atoms with Crippen LogP contribution in [-0.4, -0.2) is 48.4 Å². The van der Waals surface area contributed by atoms with Crippen LogP contribution < -0.4 is 19.1 Å². The molecule has 5 rings (SSSR count). The number of fused-ring (bicyclic) bond motifs is 1. The number of methoxy groups -OCH3 is 2. The lowest BCUT2D eigenvalue weighted by molar-refractivity contribution is -0.117. The van der Waals surface area contributed by atoms with Gasteiger partial charge < -0.3 is 23.7 Å². The summed E-state index contributed by atoms with van der Waals surface area (Å²) in [4.78, 5) is 46.0. The first-order valence-corrected chi connectivity index (χ1v) is 14.2. The predicted octanol–water partition coefficient (Wildman–Crippen LogP) is 6.38. The third kappa shape index (κ3) is 5.00. The van der Waals surface area contributed by atoms with Gasteiger partial charge in [-0.1, -0.05) is 42.9 Å². The molecular weight excluding hydrogens is 560 g/mol. The summed E-state index contributed by atoms with van der Waals surface area (Å²) >= 11 is 1.01. The molecule has 1 N–H and O–H groups in total. The number of aliphatic hydroxyl groups excluding tert-OH is 1. The lowest BCUT2D eigenvalue weighted by Gasteiger charge is -2.25. The summed E-state index contributed by atoms with van der Waals surface area (Å²) in [5.41, 5.74) is 1.06. The van der Waals surface area contributed by atoms with Gasteiger partial charge in [0.15, 0.2) is 45.3 Å². The molecule has 1 unspecified atom stereocenters. The molecule has 0 spiro atoms. The van der Waals surface area contributed by atoms with E-state index in [9.17, 15) is 19.5 Å². The van der Waals surface area contributed by atoms with E-state index in [1.807, 2.05) is 0 Å². The van der Waals surface area contributed by atoms with Crippen molar-refractivity contribution in [3.8, 4) is 17.2 Å². The number of amides is 1. The number of furan rings is 1. The fourth-order valence-corrected chi connectivity index (χ4v) is 5.89. The van der Waals surface area contributed by atoms with Crippen molar-refractivity contribution in [1.82, 2.24) is 4.98 Å². The number of hydrogen-bond donors (Lipinski definition) is 1. The van der Waals surface area contributed by atoms with Gasteiger partial charge in [-0.3, -0.25) is 19.3 Å². The number of carbonyl (C=O) groups is 3. The third-order valence-corrected chi connectivity index (χ3v) is 8.23. The Kier molecular flexibility index (Phi) is 8.04. The van der Waals surface area contributed by atoms with E-state index in [4.69, 9.17) is 18.6 Å². The minimum Gasteiger partial charge on any atom is -0.503 e. The molecule has 1 atom stereocenters. The molecule has 2 aromatic carbocycles. The van der Waals surface area contributed by atoms with Gasteiger partial charge in [0.05, 0.1) is 43.0 Å². The van der Waals surface area contributed by atoms with Gasteiger partial charge in [-0.05, 0) is 43.2 Å². The lowest BCUT2D eigenvalue weighted by atomic mass is 9.95. The molecule has 2 aromatic heterocycles. The fraction of sp³-hybridized carbons (Fsp3) is 0.290. The summed E-state index contributed by atoms with van der Waals surface area (Å²) in [5, 5.41) is 12.0. The number of hydrogen-bond acceptors (Lipinski definition) is 10. The average Bonchev–Trinajstić information content (AvgIpc) is 3.66. The first-order valence-electron chi connectivity index (χ1n) is 13.4. The van der Waals surface area contributed by atoms with Crippen molar-refractivity contribution in [2.24, 2.45) is 0 Å². The molecule has 11 heteroatoms. The van der Waals surface area contributed by atoms with Gasteiger partial charge in [0.2, 0.25) is 5.78 Å². The Hall–Kier alpha value is -4.64.